The molecule has 2 aromatic carbocycles. The number of nitro benzene ring substituents is 2. The Hall–Kier alpha value is -3.71. The first kappa shape index (κ1) is 24.9. The molecule has 176 valence electrons. The average Bonchev–Trinajstić information content (AvgIpc) is 2.82. The highest BCUT2D eigenvalue weighted by Crippen LogP contribution is 2.39. The number of hydrogen-bond donors (Lipinski definition) is 0. The maximum Gasteiger partial charge on any atom is 0.354 e. The van der Waals surface area contributed by atoms with Crippen molar-refractivity contribution in [1.29, 1.82) is 0 Å². The molecule has 13 heteroatoms. The minimum atomic E-state index is -0.915. The lowest BCUT2D eigenvalue weighted by atomic mass is 9.90. The molecule has 0 aromatic heterocycles. The topological polar surface area (TPSA) is 144 Å². The van der Waals surface area contributed by atoms with Crippen LogP contribution in [-0.4, -0.2) is 47.8 Å². The first-order valence-electron chi connectivity index (χ1n) is 9.94. The van der Waals surface area contributed by atoms with E-state index in [9.17, 15) is 34.6 Å². The van der Waals surface area contributed by atoms with E-state index in [1.165, 1.54) is 48.5 Å². The zero-order chi connectivity index (χ0) is 25.0. The van der Waals surface area contributed by atoms with Crippen molar-refractivity contribution in [3.63, 3.8) is 0 Å². The van der Waals surface area contributed by atoms with Crippen molar-refractivity contribution in [2.45, 2.75) is 13.8 Å². The third-order valence-electron chi connectivity index (χ3n) is 4.65. The van der Waals surface area contributed by atoms with Gasteiger partial charge in [0.2, 0.25) is 0 Å². The summed E-state index contributed by atoms with van der Waals surface area (Å²) < 4.78 is 1.69. The molecule has 0 atom stereocenters. The smallest absolute Gasteiger partial charge is 0.267 e. The fraction of sp³-hybridized carbons (Fsp3) is 0.190. The maximum absolute atomic E-state index is 13.4. The van der Waals surface area contributed by atoms with E-state index in [0.29, 0.717) is 11.5 Å². The van der Waals surface area contributed by atoms with Crippen molar-refractivity contribution >= 4 is 58.7 Å². The minimum absolute atomic E-state index is 0.0321. The summed E-state index contributed by atoms with van der Waals surface area (Å²) in [6.45, 7) is 3.45. The number of barbiturate groups is 1. The number of para-hydroxylation sites is 1. The van der Waals surface area contributed by atoms with Crippen molar-refractivity contribution in [2.75, 3.05) is 11.5 Å². The fourth-order valence-corrected chi connectivity index (χ4v) is 4.65. The number of imide groups is 2. The van der Waals surface area contributed by atoms with Gasteiger partial charge in [-0.05, 0) is 47.7 Å². The summed E-state index contributed by atoms with van der Waals surface area (Å²) in [6.07, 6.45) is 0. The number of amides is 4. The predicted molar refractivity (Wildman–Crippen MR) is 128 cm³/mol. The Balaban J connectivity index is 2.39. The standard InChI is InChI=1S/C21H18N4O7S2/c1-3-33-22-19(26)18(20(27)23(21(22)28)34-4-2)17(13-9-11-14(12-10-13)24(29)30)15-7-5-6-8-16(15)25(31)32/h5-12H,3-4H2,1-2H3. The van der Waals surface area contributed by atoms with Crippen LogP contribution in [0.5, 0.6) is 0 Å². The Kier molecular flexibility index (Phi) is 7.68. The molecule has 1 heterocycles. The fourth-order valence-electron chi connectivity index (χ4n) is 3.28. The van der Waals surface area contributed by atoms with Gasteiger partial charge < -0.3 is 0 Å². The molecule has 11 nitrogen and oxygen atoms in total. The highest BCUT2D eigenvalue weighted by atomic mass is 32.2. The quantitative estimate of drug-likeness (QED) is 0.168. The lowest BCUT2D eigenvalue weighted by Gasteiger charge is -2.32. The molecule has 0 aliphatic carbocycles. The number of rotatable bonds is 8. The van der Waals surface area contributed by atoms with Gasteiger partial charge in [-0.2, -0.15) is 8.61 Å². The summed E-state index contributed by atoms with van der Waals surface area (Å²) in [5.74, 6) is -1.13. The Labute approximate surface area is 202 Å². The molecule has 1 fully saturated rings. The van der Waals surface area contributed by atoms with Gasteiger partial charge in [0.05, 0.1) is 15.4 Å². The predicted octanol–water partition coefficient (Wildman–Crippen LogP) is 4.43. The third-order valence-corrected chi connectivity index (χ3v) is 6.32. The molecular formula is C21H18N4O7S2. The van der Waals surface area contributed by atoms with Crippen molar-refractivity contribution < 1.29 is 24.2 Å². The summed E-state index contributed by atoms with van der Waals surface area (Å²) in [7, 11) is 0. The molecule has 1 aliphatic rings. The van der Waals surface area contributed by atoms with Crippen LogP contribution in [0.15, 0.2) is 54.1 Å². The second-order valence-electron chi connectivity index (χ2n) is 6.65. The van der Waals surface area contributed by atoms with Crippen molar-refractivity contribution in [1.82, 2.24) is 8.61 Å². The van der Waals surface area contributed by atoms with Crippen LogP contribution in [0.25, 0.3) is 5.57 Å². The van der Waals surface area contributed by atoms with Gasteiger partial charge in [-0.25, -0.2) is 4.79 Å². The molecule has 0 unspecified atom stereocenters. The molecule has 0 spiro atoms. The third kappa shape index (κ3) is 4.65. The molecular weight excluding hydrogens is 484 g/mol. The molecule has 0 bridgehead atoms. The first-order valence-corrected chi connectivity index (χ1v) is 11.8. The van der Waals surface area contributed by atoms with Gasteiger partial charge in [0.15, 0.2) is 0 Å². The highest BCUT2D eigenvalue weighted by molar-refractivity contribution is 7.99. The number of carbonyl (C=O) groups is 3. The first-order chi connectivity index (χ1) is 16.2. The Morgan fingerprint density at radius 3 is 1.82 bits per heavy atom. The van der Waals surface area contributed by atoms with Gasteiger partial charge >= 0.3 is 6.03 Å². The van der Waals surface area contributed by atoms with E-state index in [4.69, 9.17) is 0 Å². The van der Waals surface area contributed by atoms with Crippen molar-refractivity contribution in [3.05, 3.63) is 85.5 Å². The molecule has 3 rings (SSSR count). The Morgan fingerprint density at radius 1 is 0.824 bits per heavy atom. The normalized spacial score (nSPS) is 13.9. The van der Waals surface area contributed by atoms with Gasteiger partial charge in [-0.1, -0.05) is 26.0 Å². The average molecular weight is 503 g/mol. The number of nitro groups is 2. The lowest BCUT2D eigenvalue weighted by Crippen LogP contribution is -2.51. The number of urea groups is 1. The van der Waals surface area contributed by atoms with Crippen LogP contribution in [0.4, 0.5) is 16.2 Å². The van der Waals surface area contributed by atoms with Crippen LogP contribution in [0, 0.1) is 20.2 Å². The number of hydrogen-bond acceptors (Lipinski definition) is 9. The van der Waals surface area contributed by atoms with E-state index < -0.39 is 33.3 Å². The van der Waals surface area contributed by atoms with Crippen LogP contribution in [0.3, 0.4) is 0 Å². The SMILES string of the molecule is CCSN1C(=O)C(=C(c2ccc([N+](=O)[O-])cc2)c2ccccc2[N+](=O)[O-])C(=O)N(SCC)C1=O. The minimum Gasteiger partial charge on any atom is -0.267 e. The largest absolute Gasteiger partial charge is 0.354 e. The Morgan fingerprint density at radius 2 is 1.35 bits per heavy atom. The van der Waals surface area contributed by atoms with Crippen LogP contribution in [0.2, 0.25) is 0 Å². The maximum atomic E-state index is 13.4. The highest BCUT2D eigenvalue weighted by Gasteiger charge is 2.45. The number of benzene rings is 2. The van der Waals surface area contributed by atoms with Gasteiger partial charge in [-0.3, -0.25) is 29.8 Å². The van der Waals surface area contributed by atoms with E-state index in [-0.39, 0.29) is 28.1 Å². The van der Waals surface area contributed by atoms with Crippen LogP contribution < -0.4 is 0 Å². The molecule has 4 amide bonds. The molecule has 1 aliphatic heterocycles. The van der Waals surface area contributed by atoms with Crippen molar-refractivity contribution in [3.8, 4) is 0 Å². The number of non-ortho nitro benzene ring substituents is 1. The van der Waals surface area contributed by atoms with E-state index in [2.05, 4.69) is 0 Å². The van der Waals surface area contributed by atoms with E-state index in [0.717, 1.165) is 32.5 Å². The van der Waals surface area contributed by atoms with Gasteiger partial charge in [-0.15, -0.1) is 0 Å². The van der Waals surface area contributed by atoms with Crippen LogP contribution in [-0.2, 0) is 9.59 Å². The summed E-state index contributed by atoms with van der Waals surface area (Å²) in [5.41, 5.74) is -0.995. The molecule has 0 saturated carbocycles. The van der Waals surface area contributed by atoms with Crippen LogP contribution >= 0.6 is 23.9 Å². The van der Waals surface area contributed by atoms with Crippen LogP contribution in [0.1, 0.15) is 25.0 Å². The molecule has 0 N–H and O–H groups in total. The Bertz CT molecular complexity index is 1180. The summed E-state index contributed by atoms with van der Waals surface area (Å²) in [4.78, 5) is 61.3. The van der Waals surface area contributed by atoms with Gasteiger partial charge in [0.1, 0.15) is 5.57 Å². The van der Waals surface area contributed by atoms with Gasteiger partial charge in [0, 0.05) is 35.3 Å². The van der Waals surface area contributed by atoms with E-state index >= 15 is 0 Å². The lowest BCUT2D eigenvalue weighted by molar-refractivity contribution is -0.385. The molecule has 1 saturated heterocycles. The van der Waals surface area contributed by atoms with Gasteiger partial charge in [0.25, 0.3) is 23.2 Å². The van der Waals surface area contributed by atoms with E-state index in [1.807, 2.05) is 0 Å². The molecule has 0 radical (unpaired) electrons. The summed E-state index contributed by atoms with van der Waals surface area (Å²) in [5, 5.41) is 22.9. The molecule has 34 heavy (non-hydrogen) atoms. The zero-order valence-electron chi connectivity index (χ0n) is 18.0. The zero-order valence-corrected chi connectivity index (χ0v) is 19.6. The number of carbonyl (C=O) groups excluding carboxylic acids is 3. The summed E-state index contributed by atoms with van der Waals surface area (Å²) in [6, 6.07) is 9.69. The summed E-state index contributed by atoms with van der Waals surface area (Å²) >= 11 is 1.80. The number of nitrogens with zero attached hydrogens (tertiary/aromatic N) is 4. The second-order valence-corrected chi connectivity index (χ2v) is 9.05. The van der Waals surface area contributed by atoms with Crippen molar-refractivity contribution in [2.24, 2.45) is 0 Å². The second kappa shape index (κ2) is 10.5. The monoisotopic (exact) mass is 502 g/mol. The molecule has 2 aromatic rings. The van der Waals surface area contributed by atoms with E-state index in [1.54, 1.807) is 13.8 Å².